The molecular weight excluding hydrogens is 294 g/mol. The third-order valence-electron chi connectivity index (χ3n) is 4.87. The van der Waals surface area contributed by atoms with Gasteiger partial charge in [0.15, 0.2) is 11.5 Å². The van der Waals surface area contributed by atoms with Crippen molar-refractivity contribution in [3.63, 3.8) is 0 Å². The minimum atomic E-state index is -0.391. The molecule has 0 bridgehead atoms. The average molecular weight is 313 g/mol. The van der Waals surface area contributed by atoms with Crippen LogP contribution in [0.2, 0.25) is 0 Å². The van der Waals surface area contributed by atoms with Gasteiger partial charge in [0.25, 0.3) is 5.91 Å². The molecule has 1 saturated heterocycles. The van der Waals surface area contributed by atoms with Crippen LogP contribution in [-0.4, -0.2) is 33.1 Å². The molecule has 2 atom stereocenters. The van der Waals surface area contributed by atoms with Gasteiger partial charge < -0.3 is 11.1 Å². The van der Waals surface area contributed by atoms with E-state index >= 15 is 0 Å². The maximum atomic E-state index is 12.9. The topological polar surface area (TPSA) is 103 Å². The molecule has 3 heterocycles. The van der Waals surface area contributed by atoms with Gasteiger partial charge in [0.05, 0.1) is 11.3 Å². The Balaban J connectivity index is 1.76. The van der Waals surface area contributed by atoms with Crippen molar-refractivity contribution in [2.45, 2.75) is 32.1 Å². The lowest BCUT2D eigenvalue weighted by molar-refractivity contribution is -0.127. The number of pyridine rings is 1. The highest BCUT2D eigenvalue weighted by Crippen LogP contribution is 2.39. The van der Waals surface area contributed by atoms with E-state index in [9.17, 15) is 9.59 Å². The molecule has 3 N–H and O–H groups in total. The van der Waals surface area contributed by atoms with Crippen molar-refractivity contribution >= 4 is 28.7 Å². The molecule has 2 aromatic rings. The summed E-state index contributed by atoms with van der Waals surface area (Å²) in [6.45, 7) is 2.28. The summed E-state index contributed by atoms with van der Waals surface area (Å²) in [5.41, 5.74) is 7.44. The van der Waals surface area contributed by atoms with Crippen LogP contribution in [0.25, 0.3) is 11.0 Å². The standard InChI is InChI=1S/C16H19N5O2/c1-8-10(6-7-18-15(8)22)16(23)21-14-11(13(17)20-21)4-5-12(19-14)9-2-3-9/h4-5,8-10H,2-3,6-7H2,1H3,(H2,17,20)(H,18,22)/t8-,10-/m1/s1. The number of amides is 1. The molecule has 7 nitrogen and oxygen atoms in total. The number of nitrogen functional groups attached to an aromatic ring is 1. The molecule has 7 heteroatoms. The maximum absolute atomic E-state index is 12.9. The summed E-state index contributed by atoms with van der Waals surface area (Å²) in [4.78, 5) is 29.3. The summed E-state index contributed by atoms with van der Waals surface area (Å²) in [5.74, 6) is -0.268. The molecule has 0 radical (unpaired) electrons. The second kappa shape index (κ2) is 5.04. The van der Waals surface area contributed by atoms with Crippen LogP contribution in [0, 0.1) is 11.8 Å². The summed E-state index contributed by atoms with van der Waals surface area (Å²) in [6, 6.07) is 3.85. The number of hydrogen-bond donors (Lipinski definition) is 2. The molecule has 0 spiro atoms. The summed E-state index contributed by atoms with van der Waals surface area (Å²) in [7, 11) is 0. The summed E-state index contributed by atoms with van der Waals surface area (Å²) in [6.07, 6.45) is 2.88. The smallest absolute Gasteiger partial charge is 0.252 e. The maximum Gasteiger partial charge on any atom is 0.252 e. The van der Waals surface area contributed by atoms with Crippen molar-refractivity contribution < 1.29 is 9.59 Å². The number of carbonyl (C=O) groups excluding carboxylic acids is 2. The molecule has 1 amide bonds. The quantitative estimate of drug-likeness (QED) is 0.870. The number of nitrogens with one attached hydrogen (secondary N) is 1. The van der Waals surface area contributed by atoms with Gasteiger partial charge in [0, 0.05) is 24.1 Å². The Morgan fingerprint density at radius 3 is 2.87 bits per heavy atom. The highest BCUT2D eigenvalue weighted by atomic mass is 16.2. The number of fused-ring (bicyclic) bond motifs is 1. The molecule has 1 saturated carbocycles. The monoisotopic (exact) mass is 313 g/mol. The lowest BCUT2D eigenvalue weighted by atomic mass is 9.86. The fraction of sp³-hybridized carbons (Fsp3) is 0.500. The predicted octanol–water partition coefficient (Wildman–Crippen LogP) is 1.30. The number of aromatic nitrogens is 3. The Morgan fingerprint density at radius 2 is 2.13 bits per heavy atom. The van der Waals surface area contributed by atoms with E-state index in [-0.39, 0.29) is 17.7 Å². The summed E-state index contributed by atoms with van der Waals surface area (Å²) in [5, 5.41) is 7.67. The van der Waals surface area contributed by atoms with Crippen LogP contribution in [0.5, 0.6) is 0 Å². The highest BCUT2D eigenvalue weighted by molar-refractivity contribution is 5.97. The fourth-order valence-electron chi connectivity index (χ4n) is 3.23. The van der Waals surface area contributed by atoms with E-state index in [2.05, 4.69) is 15.4 Å². The molecule has 23 heavy (non-hydrogen) atoms. The van der Waals surface area contributed by atoms with Gasteiger partial charge in [-0.15, -0.1) is 5.10 Å². The molecule has 0 unspecified atom stereocenters. The Kier molecular flexibility index (Phi) is 3.11. The molecule has 120 valence electrons. The number of hydrogen-bond acceptors (Lipinski definition) is 5. The fourth-order valence-corrected chi connectivity index (χ4v) is 3.23. The van der Waals surface area contributed by atoms with Crippen molar-refractivity contribution in [2.24, 2.45) is 11.8 Å². The molecule has 2 aliphatic rings. The Labute approximate surface area is 133 Å². The molecule has 2 fully saturated rings. The Bertz CT molecular complexity index is 808. The second-order valence-corrected chi connectivity index (χ2v) is 6.49. The van der Waals surface area contributed by atoms with Gasteiger partial charge in [-0.1, -0.05) is 6.92 Å². The third kappa shape index (κ3) is 2.27. The first-order valence-corrected chi connectivity index (χ1v) is 8.03. The number of rotatable bonds is 2. The minimum Gasteiger partial charge on any atom is -0.382 e. The largest absolute Gasteiger partial charge is 0.382 e. The zero-order valence-electron chi connectivity index (χ0n) is 13.0. The van der Waals surface area contributed by atoms with Crippen molar-refractivity contribution in [2.75, 3.05) is 12.3 Å². The van der Waals surface area contributed by atoms with Crippen LogP contribution in [0.15, 0.2) is 12.1 Å². The van der Waals surface area contributed by atoms with Gasteiger partial charge in [-0.05, 0) is 31.4 Å². The first-order chi connectivity index (χ1) is 11.1. The summed E-state index contributed by atoms with van der Waals surface area (Å²) >= 11 is 0. The number of piperidine rings is 1. The third-order valence-corrected chi connectivity index (χ3v) is 4.87. The lowest BCUT2D eigenvalue weighted by Gasteiger charge is -2.26. The van der Waals surface area contributed by atoms with Gasteiger partial charge in [0.2, 0.25) is 5.91 Å². The van der Waals surface area contributed by atoms with Crippen LogP contribution in [0.1, 0.15) is 42.6 Å². The molecule has 1 aliphatic heterocycles. The number of nitrogens with zero attached hydrogens (tertiary/aromatic N) is 3. The van der Waals surface area contributed by atoms with E-state index in [1.54, 1.807) is 6.92 Å². The second-order valence-electron chi connectivity index (χ2n) is 6.49. The molecular formula is C16H19N5O2. The molecule has 1 aliphatic carbocycles. The van der Waals surface area contributed by atoms with E-state index < -0.39 is 5.92 Å². The van der Waals surface area contributed by atoms with Gasteiger partial charge in [-0.3, -0.25) is 9.59 Å². The summed E-state index contributed by atoms with van der Waals surface area (Å²) < 4.78 is 1.30. The van der Waals surface area contributed by atoms with Crippen LogP contribution >= 0.6 is 0 Å². The number of anilines is 1. The van der Waals surface area contributed by atoms with E-state index in [4.69, 9.17) is 5.73 Å². The van der Waals surface area contributed by atoms with E-state index in [0.717, 1.165) is 18.5 Å². The number of carbonyl (C=O) groups is 2. The predicted molar refractivity (Wildman–Crippen MR) is 84.8 cm³/mol. The van der Waals surface area contributed by atoms with Crippen LogP contribution < -0.4 is 11.1 Å². The van der Waals surface area contributed by atoms with Gasteiger partial charge in [-0.2, -0.15) is 4.68 Å². The SMILES string of the molecule is C[C@H]1C(=O)NCC[C@H]1C(=O)n1nc(N)c2ccc(C3CC3)nc21. The zero-order valence-corrected chi connectivity index (χ0v) is 13.0. The van der Waals surface area contributed by atoms with Crippen molar-refractivity contribution in [1.29, 1.82) is 0 Å². The van der Waals surface area contributed by atoms with Crippen molar-refractivity contribution in [3.8, 4) is 0 Å². The highest BCUT2D eigenvalue weighted by Gasteiger charge is 2.36. The van der Waals surface area contributed by atoms with Crippen LogP contribution in [0.3, 0.4) is 0 Å². The van der Waals surface area contributed by atoms with Crippen LogP contribution in [-0.2, 0) is 4.79 Å². The van der Waals surface area contributed by atoms with Crippen molar-refractivity contribution in [1.82, 2.24) is 20.1 Å². The minimum absolute atomic E-state index is 0.0920. The van der Waals surface area contributed by atoms with Crippen molar-refractivity contribution in [3.05, 3.63) is 17.8 Å². The Morgan fingerprint density at radius 1 is 1.35 bits per heavy atom. The van der Waals surface area contributed by atoms with Gasteiger partial charge in [-0.25, -0.2) is 4.98 Å². The molecule has 0 aromatic carbocycles. The van der Waals surface area contributed by atoms with Crippen LogP contribution in [0.4, 0.5) is 5.82 Å². The first kappa shape index (κ1) is 14.2. The van der Waals surface area contributed by atoms with Gasteiger partial charge in [0.1, 0.15) is 0 Å². The van der Waals surface area contributed by atoms with E-state index in [1.807, 2.05) is 12.1 Å². The van der Waals surface area contributed by atoms with E-state index in [1.165, 1.54) is 4.68 Å². The first-order valence-electron chi connectivity index (χ1n) is 8.03. The Hall–Kier alpha value is -2.44. The van der Waals surface area contributed by atoms with E-state index in [0.29, 0.717) is 35.7 Å². The number of nitrogens with two attached hydrogens (primary N) is 1. The zero-order chi connectivity index (χ0) is 16.1. The molecule has 4 rings (SSSR count). The lowest BCUT2D eigenvalue weighted by Crippen LogP contribution is -2.45. The molecule has 2 aromatic heterocycles. The normalized spacial score (nSPS) is 24.7. The average Bonchev–Trinajstić information content (AvgIpc) is 3.34. The van der Waals surface area contributed by atoms with Gasteiger partial charge >= 0.3 is 0 Å².